The summed E-state index contributed by atoms with van der Waals surface area (Å²) in [5.41, 5.74) is 6.81. The van der Waals surface area contributed by atoms with Crippen molar-refractivity contribution >= 4 is 35.6 Å². The van der Waals surface area contributed by atoms with E-state index in [0.717, 1.165) is 5.56 Å². The Labute approximate surface area is 123 Å². The molecular weight excluding hydrogens is 291 g/mol. The maximum atomic E-state index is 11.8. The number of nitrogens with two attached hydrogens (primary N) is 1. The van der Waals surface area contributed by atoms with Crippen LogP contribution < -0.4 is 15.8 Å². The third-order valence-electron chi connectivity index (χ3n) is 2.53. The second-order valence-electron chi connectivity index (χ2n) is 3.75. The fourth-order valence-electron chi connectivity index (χ4n) is 1.45. The van der Waals surface area contributed by atoms with Crippen molar-refractivity contribution in [2.45, 2.75) is 13.0 Å². The highest BCUT2D eigenvalue weighted by Gasteiger charge is 2.18. The van der Waals surface area contributed by atoms with Gasteiger partial charge in [0.15, 0.2) is 0 Å². The number of amides is 1. The largest absolute Gasteiger partial charge is 0.495 e. The van der Waals surface area contributed by atoms with Crippen LogP contribution in [0.25, 0.3) is 0 Å². The molecule has 19 heavy (non-hydrogen) atoms. The Morgan fingerprint density at radius 1 is 1.47 bits per heavy atom. The Morgan fingerprint density at radius 3 is 2.58 bits per heavy atom. The second kappa shape index (κ2) is 8.22. The zero-order valence-corrected chi connectivity index (χ0v) is 12.6. The molecule has 0 radical (unpaired) electrons. The van der Waals surface area contributed by atoms with Gasteiger partial charge in [0.25, 0.3) is 5.91 Å². The molecule has 0 bridgehead atoms. The van der Waals surface area contributed by atoms with Gasteiger partial charge in [-0.25, -0.2) is 0 Å². The number of hydrogen-bond acceptors (Lipinski definition) is 4. The van der Waals surface area contributed by atoms with E-state index in [4.69, 9.17) is 26.8 Å². The lowest BCUT2D eigenvalue weighted by molar-refractivity contribution is -0.125. The molecule has 0 fully saturated rings. The van der Waals surface area contributed by atoms with Crippen LogP contribution in [0.4, 0.5) is 5.69 Å². The van der Waals surface area contributed by atoms with E-state index in [0.29, 0.717) is 16.5 Å². The highest BCUT2D eigenvalue weighted by Crippen LogP contribution is 2.30. The van der Waals surface area contributed by atoms with Gasteiger partial charge in [0.2, 0.25) is 0 Å². The molecule has 0 aliphatic heterocycles. The number of rotatable bonds is 5. The van der Waals surface area contributed by atoms with E-state index in [-0.39, 0.29) is 24.9 Å². The van der Waals surface area contributed by atoms with Crippen molar-refractivity contribution in [1.82, 2.24) is 0 Å². The molecule has 0 aromatic heterocycles. The number of benzene rings is 1. The molecule has 3 N–H and O–H groups in total. The third-order valence-corrected chi connectivity index (χ3v) is 2.94. The van der Waals surface area contributed by atoms with E-state index < -0.39 is 6.10 Å². The average Bonchev–Trinajstić information content (AvgIpc) is 2.35. The van der Waals surface area contributed by atoms with Gasteiger partial charge in [-0.15, -0.1) is 12.4 Å². The molecule has 1 unspecified atom stereocenters. The number of anilines is 1. The summed E-state index contributed by atoms with van der Waals surface area (Å²) in [6.07, 6.45) is -0.689. The van der Waals surface area contributed by atoms with Gasteiger partial charge < -0.3 is 20.5 Å². The Balaban J connectivity index is 0.00000324. The van der Waals surface area contributed by atoms with Gasteiger partial charge in [-0.05, 0) is 18.6 Å². The van der Waals surface area contributed by atoms with Gasteiger partial charge in [0.05, 0.1) is 12.8 Å². The van der Waals surface area contributed by atoms with E-state index in [1.165, 1.54) is 14.2 Å². The van der Waals surface area contributed by atoms with E-state index in [9.17, 15) is 4.79 Å². The first-order valence-electron chi connectivity index (χ1n) is 5.41. The van der Waals surface area contributed by atoms with Crippen molar-refractivity contribution in [3.63, 3.8) is 0 Å². The molecule has 5 nitrogen and oxygen atoms in total. The van der Waals surface area contributed by atoms with Crippen LogP contribution in [-0.4, -0.2) is 32.8 Å². The summed E-state index contributed by atoms with van der Waals surface area (Å²) in [4.78, 5) is 11.8. The molecule has 1 aromatic carbocycles. The third kappa shape index (κ3) is 4.54. The Bertz CT molecular complexity index is 437. The lowest BCUT2D eigenvalue weighted by atomic mass is 10.2. The number of carbonyl (C=O) groups excluding carboxylic acids is 1. The molecule has 1 aromatic rings. The minimum atomic E-state index is -0.689. The molecule has 0 heterocycles. The zero-order valence-electron chi connectivity index (χ0n) is 11.0. The van der Waals surface area contributed by atoms with Crippen molar-refractivity contribution in [2.24, 2.45) is 5.73 Å². The topological polar surface area (TPSA) is 73.6 Å². The molecule has 1 rings (SSSR count). The van der Waals surface area contributed by atoms with E-state index in [1.807, 2.05) is 6.92 Å². The van der Waals surface area contributed by atoms with Crippen LogP contribution in [0.15, 0.2) is 12.1 Å². The Morgan fingerprint density at radius 2 is 2.11 bits per heavy atom. The van der Waals surface area contributed by atoms with Crippen LogP contribution in [0.3, 0.4) is 0 Å². The fourth-order valence-corrected chi connectivity index (χ4v) is 1.61. The van der Waals surface area contributed by atoms with Crippen LogP contribution in [0.1, 0.15) is 5.56 Å². The zero-order chi connectivity index (χ0) is 13.7. The highest BCUT2D eigenvalue weighted by atomic mass is 35.5. The molecule has 1 atom stereocenters. The standard InChI is InChI=1S/C12H17ClN2O3.ClH/c1-7-4-9(10(17-2)5-8(7)13)15-12(16)11(6-14)18-3;/h4-5,11H,6,14H2,1-3H3,(H,15,16);1H. The molecule has 7 heteroatoms. The second-order valence-corrected chi connectivity index (χ2v) is 4.16. The molecule has 0 saturated carbocycles. The van der Waals surface area contributed by atoms with Crippen LogP contribution in [0.5, 0.6) is 5.75 Å². The maximum absolute atomic E-state index is 11.8. The summed E-state index contributed by atoms with van der Waals surface area (Å²) in [7, 11) is 2.94. The first-order chi connectivity index (χ1) is 8.53. The van der Waals surface area contributed by atoms with Gasteiger partial charge in [-0.1, -0.05) is 11.6 Å². The lowest BCUT2D eigenvalue weighted by Crippen LogP contribution is -2.36. The number of aryl methyl sites for hydroxylation is 1. The van der Waals surface area contributed by atoms with Crippen molar-refractivity contribution in [1.29, 1.82) is 0 Å². The normalized spacial score (nSPS) is 11.4. The number of hydrogen-bond donors (Lipinski definition) is 2. The van der Waals surface area contributed by atoms with Gasteiger partial charge in [0, 0.05) is 24.7 Å². The van der Waals surface area contributed by atoms with Crippen LogP contribution in [-0.2, 0) is 9.53 Å². The molecule has 0 aliphatic rings. The minimum Gasteiger partial charge on any atom is -0.495 e. The molecule has 0 aliphatic carbocycles. The van der Waals surface area contributed by atoms with Gasteiger partial charge in [-0.2, -0.15) is 0 Å². The predicted molar refractivity (Wildman–Crippen MR) is 78.5 cm³/mol. The molecule has 1 amide bonds. The van der Waals surface area contributed by atoms with Crippen LogP contribution in [0, 0.1) is 6.92 Å². The molecule has 108 valence electrons. The number of carbonyl (C=O) groups is 1. The van der Waals surface area contributed by atoms with Gasteiger partial charge >= 0.3 is 0 Å². The van der Waals surface area contributed by atoms with Gasteiger partial charge in [-0.3, -0.25) is 4.79 Å². The quantitative estimate of drug-likeness (QED) is 0.872. The lowest BCUT2D eigenvalue weighted by Gasteiger charge is -2.16. The predicted octanol–water partition coefficient (Wildman–Crippen LogP) is 1.99. The van der Waals surface area contributed by atoms with Crippen molar-refractivity contribution < 1.29 is 14.3 Å². The van der Waals surface area contributed by atoms with Crippen LogP contribution in [0.2, 0.25) is 5.02 Å². The van der Waals surface area contributed by atoms with Crippen LogP contribution >= 0.6 is 24.0 Å². The monoisotopic (exact) mass is 308 g/mol. The summed E-state index contributed by atoms with van der Waals surface area (Å²) in [6.45, 7) is 1.95. The van der Waals surface area contributed by atoms with Crippen molar-refractivity contribution in [3.8, 4) is 5.75 Å². The van der Waals surface area contributed by atoms with Crippen molar-refractivity contribution in [2.75, 3.05) is 26.1 Å². The van der Waals surface area contributed by atoms with E-state index in [2.05, 4.69) is 5.32 Å². The number of halogens is 2. The summed E-state index contributed by atoms with van der Waals surface area (Å²) >= 11 is 5.98. The summed E-state index contributed by atoms with van der Waals surface area (Å²) in [5.74, 6) is 0.172. The number of nitrogens with one attached hydrogen (secondary N) is 1. The highest BCUT2D eigenvalue weighted by molar-refractivity contribution is 6.31. The summed E-state index contributed by atoms with van der Waals surface area (Å²) < 4.78 is 10.1. The van der Waals surface area contributed by atoms with Crippen molar-refractivity contribution in [3.05, 3.63) is 22.7 Å². The van der Waals surface area contributed by atoms with E-state index >= 15 is 0 Å². The SMILES string of the molecule is COc1cc(Cl)c(C)cc1NC(=O)C(CN)OC.Cl. The number of methoxy groups -OCH3 is 2. The first kappa shape index (κ1) is 18.0. The Hall–Kier alpha value is -1.01. The maximum Gasteiger partial charge on any atom is 0.254 e. The minimum absolute atomic E-state index is 0. The Kier molecular flexibility index (Phi) is 7.78. The molecular formula is C12H18Cl2N2O3. The molecule has 0 saturated heterocycles. The van der Waals surface area contributed by atoms with E-state index in [1.54, 1.807) is 12.1 Å². The summed E-state index contributed by atoms with van der Waals surface area (Å²) in [5, 5.41) is 3.28. The fraction of sp³-hybridized carbons (Fsp3) is 0.417. The smallest absolute Gasteiger partial charge is 0.254 e. The summed E-state index contributed by atoms with van der Waals surface area (Å²) in [6, 6.07) is 3.39. The first-order valence-corrected chi connectivity index (χ1v) is 5.79. The van der Waals surface area contributed by atoms with Gasteiger partial charge in [0.1, 0.15) is 11.9 Å². The number of ether oxygens (including phenoxy) is 2. The molecule has 0 spiro atoms. The average molecular weight is 309 g/mol.